The fourth-order valence-corrected chi connectivity index (χ4v) is 5.11. The Morgan fingerprint density at radius 1 is 1.24 bits per heavy atom. The van der Waals surface area contributed by atoms with Crippen LogP contribution in [0.15, 0.2) is 41.2 Å². The second-order valence-electron chi connectivity index (χ2n) is 8.71. The summed E-state index contributed by atoms with van der Waals surface area (Å²) in [5, 5.41) is 6.63. The Hall–Kier alpha value is -3.50. The normalized spacial score (nSPS) is 24.3. The Morgan fingerprint density at radius 2 is 2.00 bits per heavy atom. The highest BCUT2D eigenvalue weighted by Gasteiger charge is 2.62. The molecule has 0 radical (unpaired) electrons. The number of urea groups is 1. The molecule has 11 heteroatoms. The number of amides is 2. The van der Waals surface area contributed by atoms with Crippen molar-refractivity contribution in [3.05, 3.63) is 53.9 Å². The molecule has 1 N–H and O–H groups in total. The fourth-order valence-electron chi connectivity index (χ4n) is 5.11. The van der Waals surface area contributed by atoms with E-state index in [1.165, 1.54) is 30.6 Å². The topological polar surface area (TPSA) is 97.0 Å². The van der Waals surface area contributed by atoms with Gasteiger partial charge in [-0.1, -0.05) is 12.1 Å². The van der Waals surface area contributed by atoms with Crippen LogP contribution in [0, 0.1) is 12.8 Å². The number of likely N-dealkylation sites (tertiary alicyclic amines) is 1. The quantitative estimate of drug-likeness (QED) is 0.606. The summed E-state index contributed by atoms with van der Waals surface area (Å²) in [6.07, 6.45) is 0.357. The lowest BCUT2D eigenvalue weighted by atomic mass is 9.64. The molecule has 3 atom stereocenters. The van der Waals surface area contributed by atoms with Gasteiger partial charge in [0.15, 0.2) is 11.6 Å². The summed E-state index contributed by atoms with van der Waals surface area (Å²) < 4.78 is 46.2. The summed E-state index contributed by atoms with van der Waals surface area (Å²) in [5.41, 5.74) is -1.57. The maximum atomic E-state index is 13.6. The Morgan fingerprint density at radius 3 is 2.67 bits per heavy atom. The molecular weight excluding hydrogens is 437 g/mol. The van der Waals surface area contributed by atoms with Crippen LogP contribution >= 0.6 is 0 Å². The highest BCUT2D eigenvalue weighted by molar-refractivity contribution is 5.92. The molecule has 2 fully saturated rings. The second-order valence-corrected chi connectivity index (χ2v) is 8.71. The highest BCUT2D eigenvalue weighted by atomic mass is 19.4. The summed E-state index contributed by atoms with van der Waals surface area (Å²) in [6.45, 7) is 3.83. The Kier molecular flexibility index (Phi) is 4.87. The van der Waals surface area contributed by atoms with Crippen molar-refractivity contribution in [3.63, 3.8) is 0 Å². The maximum absolute atomic E-state index is 13.6. The van der Waals surface area contributed by atoms with Crippen LogP contribution in [0.3, 0.4) is 0 Å². The molecule has 2 aliphatic rings. The molecule has 172 valence electrons. The maximum Gasteiger partial charge on any atom is 0.417 e. The zero-order valence-corrected chi connectivity index (χ0v) is 17.9. The molecule has 2 aromatic heterocycles. The number of alkyl halides is 3. The lowest BCUT2D eigenvalue weighted by molar-refractivity contribution is -0.137. The highest BCUT2D eigenvalue weighted by Crippen LogP contribution is 2.55. The van der Waals surface area contributed by atoms with E-state index in [2.05, 4.69) is 32.3 Å². The first-order valence-corrected chi connectivity index (χ1v) is 10.6. The number of piperidine rings is 1. The molecule has 5 rings (SSSR count). The molecule has 2 unspecified atom stereocenters. The Labute approximate surface area is 187 Å². The van der Waals surface area contributed by atoms with Gasteiger partial charge in [0, 0.05) is 36.1 Å². The first kappa shape index (κ1) is 21.4. The van der Waals surface area contributed by atoms with Crippen molar-refractivity contribution in [2.75, 3.05) is 5.32 Å². The molecule has 0 spiro atoms. The van der Waals surface area contributed by atoms with Gasteiger partial charge in [-0.25, -0.2) is 14.8 Å². The lowest BCUT2D eigenvalue weighted by Gasteiger charge is -2.61. The molecule has 1 saturated heterocycles. The number of halogens is 3. The van der Waals surface area contributed by atoms with E-state index in [0.717, 1.165) is 12.5 Å². The number of carbonyl (C=O) groups excluding carboxylic acids is 1. The average Bonchev–Trinajstić information content (AvgIpc) is 3.19. The first-order valence-electron chi connectivity index (χ1n) is 10.6. The molecule has 2 bridgehead atoms. The van der Waals surface area contributed by atoms with Gasteiger partial charge in [0.05, 0.1) is 5.56 Å². The lowest BCUT2D eigenvalue weighted by Crippen LogP contribution is -2.70. The summed E-state index contributed by atoms with van der Waals surface area (Å²) in [4.78, 5) is 27.3. The first-order chi connectivity index (χ1) is 15.7. The van der Waals surface area contributed by atoms with E-state index in [9.17, 15) is 18.0 Å². The van der Waals surface area contributed by atoms with Gasteiger partial charge in [-0.05, 0) is 49.9 Å². The van der Waals surface area contributed by atoms with Crippen LogP contribution in [0.4, 0.5) is 23.7 Å². The monoisotopic (exact) mass is 458 g/mol. The number of hydrogen-bond acceptors (Lipinski definition) is 6. The number of anilines is 1. The fraction of sp³-hybridized carbons (Fsp3) is 0.409. The third-order valence-electron chi connectivity index (χ3n) is 6.29. The van der Waals surface area contributed by atoms with Gasteiger partial charge in [0.1, 0.15) is 5.54 Å². The summed E-state index contributed by atoms with van der Waals surface area (Å²) in [5.74, 6) is 1.17. The molecule has 8 nitrogen and oxygen atoms in total. The predicted molar refractivity (Wildman–Crippen MR) is 111 cm³/mol. The average molecular weight is 458 g/mol. The minimum atomic E-state index is -4.60. The van der Waals surface area contributed by atoms with Crippen LogP contribution in [0.1, 0.15) is 43.5 Å². The van der Waals surface area contributed by atoms with Crippen molar-refractivity contribution in [1.82, 2.24) is 25.0 Å². The van der Waals surface area contributed by atoms with E-state index < -0.39 is 23.3 Å². The summed E-state index contributed by atoms with van der Waals surface area (Å²) in [7, 11) is 0. The van der Waals surface area contributed by atoms with Crippen LogP contribution in [-0.2, 0) is 11.7 Å². The molecule has 1 aliphatic heterocycles. The number of nitrogens with zero attached hydrogens (tertiary/aromatic N) is 5. The van der Waals surface area contributed by atoms with Crippen molar-refractivity contribution in [2.45, 2.75) is 50.9 Å². The minimum Gasteiger partial charge on any atom is -0.337 e. The smallest absolute Gasteiger partial charge is 0.337 e. The van der Waals surface area contributed by atoms with E-state index in [-0.39, 0.29) is 23.1 Å². The predicted octanol–water partition coefficient (Wildman–Crippen LogP) is 4.79. The van der Waals surface area contributed by atoms with Crippen LogP contribution in [-0.4, -0.2) is 37.1 Å². The number of aryl methyl sites for hydroxylation is 1. The van der Waals surface area contributed by atoms with Crippen LogP contribution in [0.2, 0.25) is 0 Å². The largest absolute Gasteiger partial charge is 0.417 e. The van der Waals surface area contributed by atoms with Crippen molar-refractivity contribution in [2.24, 2.45) is 5.92 Å². The molecule has 33 heavy (non-hydrogen) atoms. The van der Waals surface area contributed by atoms with E-state index in [1.807, 2.05) is 0 Å². The number of hydrogen-bond donors (Lipinski definition) is 1. The number of aromatic nitrogens is 4. The zero-order valence-electron chi connectivity index (χ0n) is 17.9. The zero-order chi connectivity index (χ0) is 23.4. The molecule has 3 aromatic rings. The third kappa shape index (κ3) is 3.61. The van der Waals surface area contributed by atoms with Crippen LogP contribution < -0.4 is 5.32 Å². The Balaban J connectivity index is 1.46. The van der Waals surface area contributed by atoms with Gasteiger partial charge >= 0.3 is 12.2 Å². The molecule has 2 amide bonds. The number of carbonyl (C=O) groups is 1. The number of rotatable bonds is 3. The molecular formula is C22H21F3N6O2. The molecule has 1 aromatic carbocycles. The van der Waals surface area contributed by atoms with Gasteiger partial charge in [-0.2, -0.15) is 18.2 Å². The van der Waals surface area contributed by atoms with Gasteiger partial charge in [0.25, 0.3) is 5.89 Å². The standard InChI is InChI=1S/C22H21F3N6O2/c1-12-8-15-11-21(10-12,19-28-13(2)30-33-19)31(15)20(32)29-14-4-5-17(22(23,24)25)16(9-14)18-26-6-3-7-27-18/h3-7,9,12,15H,8,10-11H2,1-2H3,(H,29,32)/t12-,15?,21?/m1/s1. The van der Waals surface area contributed by atoms with E-state index in [0.29, 0.717) is 30.5 Å². The van der Waals surface area contributed by atoms with Crippen molar-refractivity contribution < 1.29 is 22.5 Å². The molecule has 3 heterocycles. The van der Waals surface area contributed by atoms with Gasteiger partial charge < -0.3 is 14.7 Å². The van der Waals surface area contributed by atoms with E-state index >= 15 is 0 Å². The minimum absolute atomic E-state index is 0.00710. The van der Waals surface area contributed by atoms with Crippen LogP contribution in [0.25, 0.3) is 11.4 Å². The summed E-state index contributed by atoms with van der Waals surface area (Å²) in [6, 6.07) is 4.50. The number of benzene rings is 1. The third-order valence-corrected chi connectivity index (χ3v) is 6.29. The SMILES string of the molecule is Cc1noc(C23CC(C[C@@H](C)C2)N3C(=O)Nc2ccc(C(F)(F)F)c(-c3ncccn3)c2)n1. The molecule has 1 aliphatic carbocycles. The van der Waals surface area contributed by atoms with Crippen molar-refractivity contribution in [3.8, 4) is 11.4 Å². The van der Waals surface area contributed by atoms with Gasteiger partial charge in [0.2, 0.25) is 0 Å². The van der Waals surface area contributed by atoms with Gasteiger partial charge in [-0.3, -0.25) is 0 Å². The van der Waals surface area contributed by atoms with Crippen LogP contribution in [0.5, 0.6) is 0 Å². The second kappa shape index (κ2) is 7.53. The van der Waals surface area contributed by atoms with Gasteiger partial charge in [-0.15, -0.1) is 0 Å². The number of nitrogens with one attached hydrogen (secondary N) is 1. The Bertz CT molecular complexity index is 1200. The van der Waals surface area contributed by atoms with Crippen molar-refractivity contribution in [1.29, 1.82) is 0 Å². The van der Waals surface area contributed by atoms with Crippen molar-refractivity contribution >= 4 is 11.7 Å². The van der Waals surface area contributed by atoms with E-state index in [1.54, 1.807) is 11.8 Å². The van der Waals surface area contributed by atoms with E-state index in [4.69, 9.17) is 4.52 Å². The molecule has 1 saturated carbocycles. The summed E-state index contributed by atoms with van der Waals surface area (Å²) >= 11 is 0. The number of fused-ring (bicyclic) bond motifs is 2.